The molecule has 0 radical (unpaired) electrons. The van der Waals surface area contributed by atoms with Crippen molar-refractivity contribution in [2.75, 3.05) is 25.0 Å². The number of hydrogen-bond acceptors (Lipinski definition) is 3. The third-order valence-electron chi connectivity index (χ3n) is 5.19. The second-order valence-corrected chi connectivity index (χ2v) is 9.23. The predicted octanol–water partition coefficient (Wildman–Crippen LogP) is 3.00. The van der Waals surface area contributed by atoms with Crippen molar-refractivity contribution in [2.24, 2.45) is 0 Å². The minimum absolute atomic E-state index is 0.181. The van der Waals surface area contributed by atoms with Crippen LogP contribution in [0.2, 0.25) is 0 Å². The molecule has 1 amide bonds. The molecule has 0 atom stereocenters. The van der Waals surface area contributed by atoms with Gasteiger partial charge in [0.2, 0.25) is 5.91 Å². The van der Waals surface area contributed by atoms with Crippen LogP contribution in [0, 0.1) is 20.8 Å². The molecule has 6 nitrogen and oxygen atoms in total. The van der Waals surface area contributed by atoms with Crippen molar-refractivity contribution >= 4 is 21.8 Å². The normalized spacial score (nSPS) is 17.4. The van der Waals surface area contributed by atoms with Gasteiger partial charge < -0.3 is 5.32 Å². The first-order valence-corrected chi connectivity index (χ1v) is 10.8. The van der Waals surface area contributed by atoms with Gasteiger partial charge in [-0.05, 0) is 61.6 Å². The van der Waals surface area contributed by atoms with Crippen LogP contribution in [0.1, 0.15) is 28.7 Å². The number of amides is 1. The van der Waals surface area contributed by atoms with Crippen LogP contribution in [-0.2, 0) is 21.5 Å². The van der Waals surface area contributed by atoms with Crippen molar-refractivity contribution in [3.8, 4) is 0 Å². The van der Waals surface area contributed by atoms with Crippen molar-refractivity contribution in [1.29, 1.82) is 0 Å². The molecule has 28 heavy (non-hydrogen) atoms. The molecule has 0 spiro atoms. The zero-order chi connectivity index (χ0) is 20.3. The fourth-order valence-corrected chi connectivity index (χ4v) is 4.92. The number of benzene rings is 2. The Kier molecular flexibility index (Phi) is 6.17. The largest absolute Gasteiger partial charge is 0.325 e. The van der Waals surface area contributed by atoms with Crippen LogP contribution < -0.4 is 5.32 Å². The quantitative estimate of drug-likeness (QED) is 0.837. The zero-order valence-corrected chi connectivity index (χ0v) is 17.4. The number of rotatable bonds is 5. The molecule has 0 aliphatic carbocycles. The van der Waals surface area contributed by atoms with E-state index in [1.807, 2.05) is 63.2 Å². The monoisotopic (exact) mass is 401 g/mol. The summed E-state index contributed by atoms with van der Waals surface area (Å²) in [6.07, 6.45) is 0.696. The van der Waals surface area contributed by atoms with Gasteiger partial charge in [-0.25, -0.2) is 0 Å². The molecule has 0 unspecified atom stereocenters. The summed E-state index contributed by atoms with van der Waals surface area (Å²) < 4.78 is 28.7. The molecule has 1 heterocycles. The molecule has 1 aliphatic heterocycles. The average molecular weight is 402 g/mol. The Labute approximate surface area is 167 Å². The number of anilines is 1. The van der Waals surface area contributed by atoms with Gasteiger partial charge in [-0.1, -0.05) is 30.3 Å². The summed E-state index contributed by atoms with van der Waals surface area (Å²) in [5.41, 5.74) is 4.94. The first-order chi connectivity index (χ1) is 13.3. The fraction of sp³-hybridized carbons (Fsp3) is 0.381. The highest BCUT2D eigenvalue weighted by Crippen LogP contribution is 2.21. The van der Waals surface area contributed by atoms with Crippen molar-refractivity contribution in [2.45, 2.75) is 33.7 Å². The van der Waals surface area contributed by atoms with Gasteiger partial charge in [0.15, 0.2) is 0 Å². The van der Waals surface area contributed by atoms with Crippen molar-refractivity contribution in [3.05, 3.63) is 64.7 Å². The van der Waals surface area contributed by atoms with Crippen LogP contribution in [0.25, 0.3) is 0 Å². The molecular formula is C21H27N3O3S. The maximum Gasteiger partial charge on any atom is 0.282 e. The standard InChI is InChI=1S/C21H27N3O3S/c1-16-9-10-20(13-18(16)3)22-21(25)15-24-12-6-11-23(28(24,26)27)14-19-8-5-4-7-17(19)2/h4-5,7-10,13H,6,11-12,14-15H2,1-3H3,(H,22,25). The zero-order valence-electron chi connectivity index (χ0n) is 16.6. The molecule has 1 fully saturated rings. The third kappa shape index (κ3) is 4.60. The number of hydrogen-bond donors (Lipinski definition) is 1. The molecule has 3 rings (SSSR count). The van der Waals surface area contributed by atoms with E-state index in [0.717, 1.165) is 22.3 Å². The molecule has 2 aromatic carbocycles. The number of nitrogens with one attached hydrogen (secondary N) is 1. The van der Waals surface area contributed by atoms with E-state index in [0.29, 0.717) is 31.7 Å². The van der Waals surface area contributed by atoms with E-state index in [1.54, 1.807) is 0 Å². The summed E-state index contributed by atoms with van der Waals surface area (Å²) in [5.74, 6) is -0.329. The molecule has 0 bridgehead atoms. The van der Waals surface area contributed by atoms with Gasteiger partial charge in [-0.15, -0.1) is 0 Å². The van der Waals surface area contributed by atoms with E-state index in [2.05, 4.69) is 5.32 Å². The fourth-order valence-electron chi connectivity index (χ4n) is 3.30. The topological polar surface area (TPSA) is 69.7 Å². The Morgan fingerprint density at radius 2 is 1.68 bits per heavy atom. The Morgan fingerprint density at radius 3 is 2.39 bits per heavy atom. The molecule has 1 saturated heterocycles. The van der Waals surface area contributed by atoms with E-state index in [9.17, 15) is 13.2 Å². The highest BCUT2D eigenvalue weighted by Gasteiger charge is 2.34. The number of carbonyl (C=O) groups is 1. The molecule has 7 heteroatoms. The van der Waals surface area contributed by atoms with Crippen LogP contribution in [0.3, 0.4) is 0 Å². The summed E-state index contributed by atoms with van der Waals surface area (Å²) in [6.45, 7) is 6.91. The Hall–Kier alpha value is -2.22. The highest BCUT2D eigenvalue weighted by atomic mass is 32.2. The SMILES string of the molecule is Cc1ccc(NC(=O)CN2CCCN(Cc3ccccc3C)S2(=O)=O)cc1C. The summed E-state index contributed by atoms with van der Waals surface area (Å²) in [6, 6.07) is 13.4. The van der Waals surface area contributed by atoms with Crippen molar-refractivity contribution in [3.63, 3.8) is 0 Å². The van der Waals surface area contributed by atoms with Crippen LogP contribution in [0.15, 0.2) is 42.5 Å². The van der Waals surface area contributed by atoms with E-state index >= 15 is 0 Å². The van der Waals surface area contributed by atoms with Crippen molar-refractivity contribution < 1.29 is 13.2 Å². The number of carbonyl (C=O) groups excluding carboxylic acids is 1. The lowest BCUT2D eigenvalue weighted by Gasteiger charge is -2.34. The van der Waals surface area contributed by atoms with Gasteiger partial charge in [0.25, 0.3) is 10.2 Å². The highest BCUT2D eigenvalue weighted by molar-refractivity contribution is 7.86. The molecule has 150 valence electrons. The Balaban J connectivity index is 1.68. The molecule has 0 saturated carbocycles. The lowest BCUT2D eigenvalue weighted by atomic mass is 10.1. The smallest absolute Gasteiger partial charge is 0.282 e. The van der Waals surface area contributed by atoms with E-state index < -0.39 is 10.2 Å². The van der Waals surface area contributed by atoms with Crippen molar-refractivity contribution in [1.82, 2.24) is 8.61 Å². The van der Waals surface area contributed by atoms with Gasteiger partial charge in [-0.2, -0.15) is 17.0 Å². The van der Waals surface area contributed by atoms with Gasteiger partial charge in [0.05, 0.1) is 6.54 Å². The summed E-state index contributed by atoms with van der Waals surface area (Å²) in [7, 11) is -3.68. The first kappa shape index (κ1) is 20.5. The Morgan fingerprint density at radius 1 is 0.964 bits per heavy atom. The van der Waals surface area contributed by atoms with Crippen LogP contribution >= 0.6 is 0 Å². The number of nitrogens with zero attached hydrogens (tertiary/aromatic N) is 2. The van der Waals surface area contributed by atoms with E-state index in [1.165, 1.54) is 8.61 Å². The summed E-state index contributed by atoms with van der Waals surface area (Å²) >= 11 is 0. The Bertz CT molecular complexity index is 973. The molecule has 0 aromatic heterocycles. The molecule has 1 N–H and O–H groups in total. The predicted molar refractivity (Wildman–Crippen MR) is 111 cm³/mol. The maximum absolute atomic E-state index is 13.0. The maximum atomic E-state index is 13.0. The molecular weight excluding hydrogens is 374 g/mol. The number of aryl methyl sites for hydroxylation is 3. The van der Waals surface area contributed by atoms with E-state index in [4.69, 9.17) is 0 Å². The second-order valence-electron chi connectivity index (χ2n) is 7.30. The average Bonchev–Trinajstić information content (AvgIpc) is 2.63. The minimum Gasteiger partial charge on any atom is -0.325 e. The lowest BCUT2D eigenvalue weighted by Crippen LogP contribution is -2.51. The second kappa shape index (κ2) is 8.43. The molecule has 1 aliphatic rings. The third-order valence-corrected chi connectivity index (χ3v) is 7.11. The van der Waals surface area contributed by atoms with Gasteiger partial charge in [-0.3, -0.25) is 4.79 Å². The van der Waals surface area contributed by atoms with Gasteiger partial charge in [0.1, 0.15) is 0 Å². The van der Waals surface area contributed by atoms with E-state index in [-0.39, 0.29) is 12.5 Å². The minimum atomic E-state index is -3.68. The van der Waals surface area contributed by atoms with Crippen LogP contribution in [-0.4, -0.2) is 42.6 Å². The van der Waals surface area contributed by atoms with Gasteiger partial charge >= 0.3 is 0 Å². The van der Waals surface area contributed by atoms with Crippen LogP contribution in [0.5, 0.6) is 0 Å². The van der Waals surface area contributed by atoms with Crippen LogP contribution in [0.4, 0.5) is 5.69 Å². The van der Waals surface area contributed by atoms with Gasteiger partial charge in [0, 0.05) is 25.3 Å². The summed E-state index contributed by atoms with van der Waals surface area (Å²) in [4.78, 5) is 12.4. The lowest BCUT2D eigenvalue weighted by molar-refractivity contribution is -0.116. The molecule has 2 aromatic rings. The first-order valence-electron chi connectivity index (χ1n) is 9.44. The summed E-state index contributed by atoms with van der Waals surface area (Å²) in [5, 5.41) is 2.81.